The van der Waals surface area contributed by atoms with Crippen LogP contribution in [0.2, 0.25) is 0 Å². The molecule has 0 aromatic heterocycles. The predicted octanol–water partition coefficient (Wildman–Crippen LogP) is 1.32. The van der Waals surface area contributed by atoms with Crippen molar-refractivity contribution in [3.8, 4) is 0 Å². The van der Waals surface area contributed by atoms with Crippen molar-refractivity contribution in [2.24, 2.45) is 5.92 Å². The average molecular weight is 275 g/mol. The fourth-order valence-electron chi connectivity index (χ4n) is 2.44. The second-order valence-corrected chi connectivity index (χ2v) is 5.41. The Labute approximate surface area is 119 Å². The van der Waals surface area contributed by atoms with Gasteiger partial charge in [0, 0.05) is 31.4 Å². The zero-order valence-corrected chi connectivity index (χ0v) is 12.1. The molecule has 1 fully saturated rings. The Morgan fingerprint density at radius 1 is 1.35 bits per heavy atom. The minimum absolute atomic E-state index is 0.0109. The molecule has 0 radical (unpaired) electrons. The topological polar surface area (TPSA) is 61.4 Å². The molecule has 108 valence electrons. The van der Waals surface area contributed by atoms with Crippen molar-refractivity contribution < 1.29 is 9.59 Å². The Hall–Kier alpha value is -1.88. The van der Waals surface area contributed by atoms with Crippen LogP contribution in [0.1, 0.15) is 23.7 Å². The van der Waals surface area contributed by atoms with E-state index in [-0.39, 0.29) is 23.8 Å². The minimum Gasteiger partial charge on any atom is -0.345 e. The number of carbonyl (C=O) groups is 2. The van der Waals surface area contributed by atoms with Crippen LogP contribution in [0.25, 0.3) is 0 Å². The van der Waals surface area contributed by atoms with Gasteiger partial charge in [-0.1, -0.05) is 6.07 Å². The molecule has 5 nitrogen and oxygen atoms in total. The van der Waals surface area contributed by atoms with Crippen LogP contribution >= 0.6 is 0 Å². The molecule has 1 aliphatic heterocycles. The van der Waals surface area contributed by atoms with Gasteiger partial charge in [0.05, 0.1) is 5.92 Å². The Bertz CT molecular complexity index is 514. The highest BCUT2D eigenvalue weighted by Gasteiger charge is 2.29. The lowest BCUT2D eigenvalue weighted by atomic mass is 10.0. The highest BCUT2D eigenvalue weighted by Crippen LogP contribution is 2.19. The van der Waals surface area contributed by atoms with E-state index >= 15 is 0 Å². The molecule has 5 heteroatoms. The van der Waals surface area contributed by atoms with E-state index in [4.69, 9.17) is 0 Å². The molecule has 20 heavy (non-hydrogen) atoms. The van der Waals surface area contributed by atoms with E-state index in [1.54, 1.807) is 38.4 Å². The number of hydrogen-bond donors (Lipinski definition) is 2. The summed E-state index contributed by atoms with van der Waals surface area (Å²) in [7, 11) is 3.42. The summed E-state index contributed by atoms with van der Waals surface area (Å²) in [5, 5.41) is 6.16. The third-order valence-corrected chi connectivity index (χ3v) is 3.65. The summed E-state index contributed by atoms with van der Waals surface area (Å²) >= 11 is 0. The zero-order chi connectivity index (χ0) is 14.7. The first-order valence-corrected chi connectivity index (χ1v) is 6.85. The first-order chi connectivity index (χ1) is 9.49. The first-order valence-electron chi connectivity index (χ1n) is 6.85. The van der Waals surface area contributed by atoms with Crippen molar-refractivity contribution in [3.05, 3.63) is 29.8 Å². The molecule has 1 heterocycles. The molecule has 2 unspecified atom stereocenters. The quantitative estimate of drug-likeness (QED) is 0.874. The van der Waals surface area contributed by atoms with Gasteiger partial charge in [0.1, 0.15) is 0 Å². The summed E-state index contributed by atoms with van der Waals surface area (Å²) in [6.07, 6.45) is 0.851. The molecule has 0 saturated carbocycles. The predicted molar refractivity (Wildman–Crippen MR) is 78.7 cm³/mol. The highest BCUT2D eigenvalue weighted by atomic mass is 16.2. The molecule has 0 spiro atoms. The van der Waals surface area contributed by atoms with Crippen molar-refractivity contribution in [3.63, 3.8) is 0 Å². The second-order valence-electron chi connectivity index (χ2n) is 5.41. The van der Waals surface area contributed by atoms with Crippen LogP contribution in [0.4, 0.5) is 5.69 Å². The van der Waals surface area contributed by atoms with Crippen molar-refractivity contribution in [2.75, 3.05) is 26.0 Å². The van der Waals surface area contributed by atoms with Crippen LogP contribution in [0.3, 0.4) is 0 Å². The Balaban J connectivity index is 2.08. The van der Waals surface area contributed by atoms with Crippen LogP contribution in [0.15, 0.2) is 24.3 Å². The van der Waals surface area contributed by atoms with Crippen LogP contribution in [-0.2, 0) is 4.79 Å². The lowest BCUT2D eigenvalue weighted by molar-refractivity contribution is -0.120. The normalized spacial score (nSPS) is 21.6. The van der Waals surface area contributed by atoms with E-state index in [0.717, 1.165) is 13.0 Å². The summed E-state index contributed by atoms with van der Waals surface area (Å²) in [6.45, 7) is 2.89. The number of nitrogens with one attached hydrogen (secondary N) is 2. The molecule has 1 aromatic carbocycles. The summed E-state index contributed by atoms with van der Waals surface area (Å²) in [5.41, 5.74) is 1.24. The second kappa shape index (κ2) is 6.05. The maximum absolute atomic E-state index is 12.2. The number of hydrogen-bond acceptors (Lipinski definition) is 3. The van der Waals surface area contributed by atoms with E-state index in [2.05, 4.69) is 10.6 Å². The maximum atomic E-state index is 12.2. The van der Waals surface area contributed by atoms with Gasteiger partial charge < -0.3 is 15.5 Å². The van der Waals surface area contributed by atoms with Crippen LogP contribution in [0.5, 0.6) is 0 Å². The van der Waals surface area contributed by atoms with Crippen molar-refractivity contribution in [1.29, 1.82) is 0 Å². The van der Waals surface area contributed by atoms with Gasteiger partial charge >= 0.3 is 0 Å². The third-order valence-electron chi connectivity index (χ3n) is 3.65. The van der Waals surface area contributed by atoms with Gasteiger partial charge in [-0.25, -0.2) is 0 Å². The molecule has 2 amide bonds. The van der Waals surface area contributed by atoms with Crippen LogP contribution in [-0.4, -0.2) is 43.4 Å². The van der Waals surface area contributed by atoms with E-state index in [1.165, 1.54) is 4.90 Å². The molecule has 1 aliphatic rings. The molecular weight excluding hydrogens is 254 g/mol. The van der Waals surface area contributed by atoms with Gasteiger partial charge in [-0.3, -0.25) is 9.59 Å². The standard InChI is InChI=1S/C15H21N3O2/c1-10-13(7-8-16-10)14(19)17-12-6-4-5-11(9-12)15(20)18(2)3/h4-6,9-10,13,16H,7-8H2,1-3H3,(H,17,19). The van der Waals surface area contributed by atoms with Gasteiger partial charge in [0.15, 0.2) is 0 Å². The minimum atomic E-state index is -0.0722. The molecular formula is C15H21N3O2. The van der Waals surface area contributed by atoms with E-state index in [9.17, 15) is 9.59 Å². The fraction of sp³-hybridized carbons (Fsp3) is 0.467. The third kappa shape index (κ3) is 3.17. The van der Waals surface area contributed by atoms with Gasteiger partial charge in [-0.15, -0.1) is 0 Å². The van der Waals surface area contributed by atoms with E-state index < -0.39 is 0 Å². The smallest absolute Gasteiger partial charge is 0.253 e. The SMILES string of the molecule is CC1NCCC1C(=O)Nc1cccc(C(=O)N(C)C)c1. The monoisotopic (exact) mass is 275 g/mol. The first kappa shape index (κ1) is 14.5. The van der Waals surface area contributed by atoms with Crippen LogP contribution < -0.4 is 10.6 Å². The Kier molecular flexibility index (Phi) is 4.39. The van der Waals surface area contributed by atoms with Crippen molar-refractivity contribution >= 4 is 17.5 Å². The molecule has 0 bridgehead atoms. The molecule has 0 aliphatic carbocycles. The molecule has 2 atom stereocenters. The maximum Gasteiger partial charge on any atom is 0.253 e. The van der Waals surface area contributed by atoms with Gasteiger partial charge in [0.25, 0.3) is 5.91 Å². The molecule has 1 aromatic rings. The van der Waals surface area contributed by atoms with E-state index in [1.807, 2.05) is 6.92 Å². The largest absolute Gasteiger partial charge is 0.345 e. The lowest BCUT2D eigenvalue weighted by Crippen LogP contribution is -2.32. The highest BCUT2D eigenvalue weighted by molar-refractivity contribution is 5.97. The Morgan fingerprint density at radius 3 is 2.70 bits per heavy atom. The summed E-state index contributed by atoms with van der Waals surface area (Å²) in [6, 6.07) is 7.24. The lowest BCUT2D eigenvalue weighted by Gasteiger charge is -2.16. The zero-order valence-electron chi connectivity index (χ0n) is 12.1. The average Bonchev–Trinajstić information content (AvgIpc) is 2.84. The molecule has 1 saturated heterocycles. The number of carbonyl (C=O) groups excluding carboxylic acids is 2. The molecule has 2 N–H and O–H groups in total. The van der Waals surface area contributed by atoms with Gasteiger partial charge in [0.2, 0.25) is 5.91 Å². The number of benzene rings is 1. The number of rotatable bonds is 3. The summed E-state index contributed by atoms with van der Waals surface area (Å²) in [4.78, 5) is 25.6. The summed E-state index contributed by atoms with van der Waals surface area (Å²) < 4.78 is 0. The number of nitrogens with zero attached hydrogens (tertiary/aromatic N) is 1. The number of anilines is 1. The fourth-order valence-corrected chi connectivity index (χ4v) is 2.44. The summed E-state index contributed by atoms with van der Waals surface area (Å²) in [5.74, 6) is -0.0721. The number of amides is 2. The van der Waals surface area contributed by atoms with Crippen molar-refractivity contribution in [2.45, 2.75) is 19.4 Å². The van der Waals surface area contributed by atoms with Crippen molar-refractivity contribution in [1.82, 2.24) is 10.2 Å². The van der Waals surface area contributed by atoms with Crippen LogP contribution in [0, 0.1) is 5.92 Å². The van der Waals surface area contributed by atoms with Gasteiger partial charge in [-0.2, -0.15) is 0 Å². The van der Waals surface area contributed by atoms with Gasteiger partial charge in [-0.05, 0) is 38.1 Å². The van der Waals surface area contributed by atoms with E-state index in [0.29, 0.717) is 11.3 Å². The Morgan fingerprint density at radius 2 is 2.10 bits per heavy atom. The molecule has 2 rings (SSSR count).